The molecule has 6 heteroatoms. The maximum atomic E-state index is 12.5. The van der Waals surface area contributed by atoms with Crippen LogP contribution in [-0.4, -0.2) is 45.1 Å². The molecule has 1 saturated heterocycles. The largest absolute Gasteiger partial charge is 0.495 e. The zero-order chi connectivity index (χ0) is 16.1. The van der Waals surface area contributed by atoms with E-state index in [2.05, 4.69) is 10.6 Å². The van der Waals surface area contributed by atoms with Crippen LogP contribution in [0.5, 0.6) is 5.75 Å². The predicted molar refractivity (Wildman–Crippen MR) is 85.0 cm³/mol. The lowest BCUT2D eigenvalue weighted by Gasteiger charge is -2.20. The second-order valence-electron chi connectivity index (χ2n) is 5.47. The summed E-state index contributed by atoms with van der Waals surface area (Å²) in [6, 6.07) is 6.94. The fourth-order valence-electron chi connectivity index (χ4n) is 2.62. The summed E-state index contributed by atoms with van der Waals surface area (Å²) in [5.74, 6) is 0.300. The first kappa shape index (κ1) is 16.3. The summed E-state index contributed by atoms with van der Waals surface area (Å²) >= 11 is 0. The molecular formula is C16H23N3O3. The number of rotatable bonds is 6. The standard InChI is InChI=1S/C16H23N3O3/c1-11(10-17-2)15(20)18-12-8-9-19(16(12)21)13-6-4-5-7-14(13)22-3/h4-7,11-12,17H,8-10H2,1-3H3,(H,18,20). The SMILES string of the molecule is CNCC(C)C(=O)NC1CCN(c2ccccc2OC)C1=O. The van der Waals surface area contributed by atoms with Crippen molar-refractivity contribution in [1.29, 1.82) is 0 Å². The van der Waals surface area contributed by atoms with Gasteiger partial charge in [-0.15, -0.1) is 0 Å². The maximum absolute atomic E-state index is 12.5. The molecule has 1 heterocycles. The Kier molecular flexibility index (Phi) is 5.38. The molecule has 2 rings (SSSR count). The molecule has 2 amide bonds. The van der Waals surface area contributed by atoms with E-state index in [9.17, 15) is 9.59 Å². The van der Waals surface area contributed by atoms with Gasteiger partial charge in [0.15, 0.2) is 0 Å². The summed E-state index contributed by atoms with van der Waals surface area (Å²) in [6.45, 7) is 3.00. The maximum Gasteiger partial charge on any atom is 0.249 e. The number of hydrogen-bond acceptors (Lipinski definition) is 4. The van der Waals surface area contributed by atoms with Gasteiger partial charge in [-0.05, 0) is 25.6 Å². The molecule has 6 nitrogen and oxygen atoms in total. The number of benzene rings is 1. The van der Waals surface area contributed by atoms with Crippen LogP contribution in [0.15, 0.2) is 24.3 Å². The van der Waals surface area contributed by atoms with E-state index < -0.39 is 6.04 Å². The Bertz CT molecular complexity index is 547. The number of carbonyl (C=O) groups is 2. The first-order valence-electron chi connectivity index (χ1n) is 7.47. The van der Waals surface area contributed by atoms with E-state index in [0.29, 0.717) is 25.3 Å². The van der Waals surface area contributed by atoms with E-state index >= 15 is 0 Å². The third-order valence-electron chi connectivity index (χ3n) is 3.86. The lowest BCUT2D eigenvalue weighted by atomic mass is 10.1. The molecule has 0 saturated carbocycles. The van der Waals surface area contributed by atoms with Gasteiger partial charge in [0, 0.05) is 19.0 Å². The molecular weight excluding hydrogens is 282 g/mol. The monoisotopic (exact) mass is 305 g/mol. The fourth-order valence-corrected chi connectivity index (χ4v) is 2.62. The van der Waals surface area contributed by atoms with Gasteiger partial charge in [-0.3, -0.25) is 9.59 Å². The van der Waals surface area contributed by atoms with Crippen molar-refractivity contribution in [1.82, 2.24) is 10.6 Å². The van der Waals surface area contributed by atoms with Gasteiger partial charge in [0.2, 0.25) is 11.8 Å². The predicted octanol–water partition coefficient (Wildman–Crippen LogP) is 0.772. The molecule has 2 N–H and O–H groups in total. The molecule has 0 aromatic heterocycles. The molecule has 1 aromatic rings. The van der Waals surface area contributed by atoms with Crippen molar-refractivity contribution < 1.29 is 14.3 Å². The van der Waals surface area contributed by atoms with Gasteiger partial charge in [0.05, 0.1) is 12.8 Å². The highest BCUT2D eigenvalue weighted by molar-refractivity contribution is 6.02. The number of ether oxygens (including phenoxy) is 1. The molecule has 2 atom stereocenters. The zero-order valence-corrected chi connectivity index (χ0v) is 13.3. The average molecular weight is 305 g/mol. The molecule has 0 bridgehead atoms. The van der Waals surface area contributed by atoms with E-state index in [-0.39, 0.29) is 17.7 Å². The number of hydrogen-bond donors (Lipinski definition) is 2. The first-order chi connectivity index (χ1) is 10.6. The minimum Gasteiger partial charge on any atom is -0.495 e. The topological polar surface area (TPSA) is 70.7 Å². The van der Waals surface area contributed by atoms with Crippen molar-refractivity contribution in [3.05, 3.63) is 24.3 Å². The van der Waals surface area contributed by atoms with Crippen LogP contribution in [0.1, 0.15) is 13.3 Å². The Hall–Kier alpha value is -2.08. The van der Waals surface area contributed by atoms with Crippen LogP contribution in [0, 0.1) is 5.92 Å². The van der Waals surface area contributed by atoms with Gasteiger partial charge in [-0.2, -0.15) is 0 Å². The van der Waals surface area contributed by atoms with Crippen LogP contribution < -0.4 is 20.3 Å². The second kappa shape index (κ2) is 7.26. The van der Waals surface area contributed by atoms with Crippen molar-refractivity contribution in [2.75, 3.05) is 32.1 Å². The summed E-state index contributed by atoms with van der Waals surface area (Å²) in [4.78, 5) is 26.3. The Labute approximate surface area is 130 Å². The summed E-state index contributed by atoms with van der Waals surface area (Å²) in [5.41, 5.74) is 0.745. The highest BCUT2D eigenvalue weighted by Crippen LogP contribution is 2.31. The van der Waals surface area contributed by atoms with E-state index in [1.807, 2.05) is 31.2 Å². The molecule has 1 aliphatic rings. The number of methoxy groups -OCH3 is 1. The van der Waals surface area contributed by atoms with Crippen molar-refractivity contribution in [3.8, 4) is 5.75 Å². The lowest BCUT2D eigenvalue weighted by Crippen LogP contribution is -2.45. The van der Waals surface area contributed by atoms with Gasteiger partial charge in [-0.25, -0.2) is 0 Å². The molecule has 0 radical (unpaired) electrons. The van der Waals surface area contributed by atoms with E-state index in [0.717, 1.165) is 5.69 Å². The van der Waals surface area contributed by atoms with Crippen LogP contribution in [0.2, 0.25) is 0 Å². The van der Waals surface area contributed by atoms with Gasteiger partial charge in [0.1, 0.15) is 11.8 Å². The third-order valence-corrected chi connectivity index (χ3v) is 3.86. The number of para-hydroxylation sites is 2. The smallest absolute Gasteiger partial charge is 0.249 e. The Morgan fingerprint density at radius 2 is 2.18 bits per heavy atom. The van der Waals surface area contributed by atoms with E-state index in [1.165, 1.54) is 0 Å². The molecule has 0 aliphatic carbocycles. The van der Waals surface area contributed by atoms with E-state index in [1.54, 1.807) is 19.1 Å². The Morgan fingerprint density at radius 1 is 1.45 bits per heavy atom. The van der Waals surface area contributed by atoms with Gasteiger partial charge in [0.25, 0.3) is 0 Å². The number of nitrogens with zero attached hydrogens (tertiary/aromatic N) is 1. The zero-order valence-electron chi connectivity index (χ0n) is 13.3. The quantitative estimate of drug-likeness (QED) is 0.814. The Morgan fingerprint density at radius 3 is 2.86 bits per heavy atom. The molecule has 1 aromatic carbocycles. The van der Waals surface area contributed by atoms with E-state index in [4.69, 9.17) is 4.74 Å². The molecule has 22 heavy (non-hydrogen) atoms. The van der Waals surface area contributed by atoms with Gasteiger partial charge in [-0.1, -0.05) is 19.1 Å². The van der Waals surface area contributed by atoms with Gasteiger partial charge >= 0.3 is 0 Å². The van der Waals surface area contributed by atoms with Crippen LogP contribution >= 0.6 is 0 Å². The summed E-state index contributed by atoms with van der Waals surface area (Å²) in [7, 11) is 3.38. The van der Waals surface area contributed by atoms with Crippen LogP contribution in [0.3, 0.4) is 0 Å². The molecule has 1 aliphatic heterocycles. The summed E-state index contributed by atoms with van der Waals surface area (Å²) in [6.07, 6.45) is 0.606. The van der Waals surface area contributed by atoms with Crippen LogP contribution in [0.25, 0.3) is 0 Å². The van der Waals surface area contributed by atoms with Crippen molar-refractivity contribution in [2.45, 2.75) is 19.4 Å². The highest BCUT2D eigenvalue weighted by Gasteiger charge is 2.35. The molecule has 2 unspecified atom stereocenters. The minimum absolute atomic E-state index is 0.0884. The number of amides is 2. The number of nitrogens with one attached hydrogen (secondary N) is 2. The van der Waals surface area contributed by atoms with Crippen molar-refractivity contribution >= 4 is 17.5 Å². The summed E-state index contributed by atoms with van der Waals surface area (Å²) in [5, 5.41) is 5.80. The minimum atomic E-state index is -0.461. The third kappa shape index (κ3) is 3.39. The Balaban J connectivity index is 2.05. The van der Waals surface area contributed by atoms with Crippen LogP contribution in [-0.2, 0) is 9.59 Å². The highest BCUT2D eigenvalue weighted by atomic mass is 16.5. The average Bonchev–Trinajstić information content (AvgIpc) is 2.88. The van der Waals surface area contributed by atoms with Crippen molar-refractivity contribution in [2.24, 2.45) is 5.92 Å². The first-order valence-corrected chi connectivity index (χ1v) is 7.47. The molecule has 1 fully saturated rings. The van der Waals surface area contributed by atoms with Gasteiger partial charge < -0.3 is 20.3 Å². The number of carbonyl (C=O) groups excluding carboxylic acids is 2. The van der Waals surface area contributed by atoms with Crippen molar-refractivity contribution in [3.63, 3.8) is 0 Å². The molecule has 120 valence electrons. The number of anilines is 1. The van der Waals surface area contributed by atoms with Crippen LogP contribution in [0.4, 0.5) is 5.69 Å². The molecule has 0 spiro atoms. The lowest BCUT2D eigenvalue weighted by molar-refractivity contribution is -0.128. The summed E-state index contributed by atoms with van der Waals surface area (Å²) < 4.78 is 5.30. The fraction of sp³-hybridized carbons (Fsp3) is 0.500. The second-order valence-corrected chi connectivity index (χ2v) is 5.47. The normalized spacial score (nSPS) is 19.1.